The Bertz CT molecular complexity index is 304. The summed E-state index contributed by atoms with van der Waals surface area (Å²) < 4.78 is 0. The molecule has 1 aromatic rings. The molecule has 1 aromatic heterocycles. The Kier molecular flexibility index (Phi) is 2.78. The molecule has 0 aliphatic heterocycles. The van der Waals surface area contributed by atoms with Gasteiger partial charge in [-0.2, -0.15) is 5.10 Å². The molecule has 1 aliphatic rings. The maximum Gasteiger partial charge on any atom is 0.138 e. The van der Waals surface area contributed by atoms with Crippen LogP contribution in [0.1, 0.15) is 39.4 Å². The molecular weight excluding hydrogens is 188 g/mol. The average Bonchev–Trinajstić information content (AvgIpc) is 2.70. The van der Waals surface area contributed by atoms with Crippen molar-refractivity contribution >= 4 is 0 Å². The molecule has 2 unspecified atom stereocenters. The summed E-state index contributed by atoms with van der Waals surface area (Å²) in [6.07, 6.45) is 4.11. The van der Waals surface area contributed by atoms with E-state index in [9.17, 15) is 0 Å². The first-order valence-electron chi connectivity index (χ1n) is 5.64. The second kappa shape index (κ2) is 3.93. The second-order valence-electron chi connectivity index (χ2n) is 5.47. The Hall–Kier alpha value is -0.900. The average molecular weight is 208 g/mol. The van der Waals surface area contributed by atoms with E-state index in [2.05, 4.69) is 41.3 Å². The monoisotopic (exact) mass is 208 g/mol. The topological polar surface area (TPSA) is 53.6 Å². The minimum atomic E-state index is 0.485. The molecule has 15 heavy (non-hydrogen) atoms. The summed E-state index contributed by atoms with van der Waals surface area (Å²) in [5.41, 5.74) is 0.485. The summed E-state index contributed by atoms with van der Waals surface area (Å²) >= 11 is 0. The van der Waals surface area contributed by atoms with E-state index < -0.39 is 0 Å². The van der Waals surface area contributed by atoms with Crippen LogP contribution < -0.4 is 5.32 Å². The van der Waals surface area contributed by atoms with Gasteiger partial charge >= 0.3 is 0 Å². The predicted octanol–water partition coefficient (Wildman–Crippen LogP) is 1.72. The standard InChI is InChI=1S/C11H20N4/c1-8-4-11(2,3)5-9(8)12-6-10-13-7-14-15-10/h7-9,12H,4-6H2,1-3H3,(H,13,14,15). The highest BCUT2D eigenvalue weighted by Crippen LogP contribution is 2.40. The third-order valence-electron chi connectivity index (χ3n) is 3.33. The Balaban J connectivity index is 1.85. The maximum absolute atomic E-state index is 4.11. The van der Waals surface area contributed by atoms with E-state index in [0.717, 1.165) is 18.3 Å². The van der Waals surface area contributed by atoms with Gasteiger partial charge in [-0.25, -0.2) is 4.98 Å². The molecule has 2 atom stereocenters. The zero-order chi connectivity index (χ0) is 10.9. The van der Waals surface area contributed by atoms with Crippen molar-refractivity contribution in [1.29, 1.82) is 0 Å². The Labute approximate surface area is 90.9 Å². The summed E-state index contributed by atoms with van der Waals surface area (Å²) in [5, 5.41) is 10.3. The van der Waals surface area contributed by atoms with E-state index in [0.29, 0.717) is 11.5 Å². The first-order valence-corrected chi connectivity index (χ1v) is 5.64. The van der Waals surface area contributed by atoms with Crippen LogP contribution in [0.2, 0.25) is 0 Å². The smallest absolute Gasteiger partial charge is 0.138 e. The van der Waals surface area contributed by atoms with Crippen LogP contribution in [-0.4, -0.2) is 21.2 Å². The normalized spacial score (nSPS) is 29.5. The number of nitrogens with one attached hydrogen (secondary N) is 2. The number of hydrogen-bond acceptors (Lipinski definition) is 3. The summed E-state index contributed by atoms with van der Waals surface area (Å²) in [6, 6.07) is 0.616. The minimum absolute atomic E-state index is 0.485. The van der Waals surface area contributed by atoms with Gasteiger partial charge in [0.2, 0.25) is 0 Å². The summed E-state index contributed by atoms with van der Waals surface area (Å²) in [6.45, 7) is 7.82. The van der Waals surface area contributed by atoms with Crippen molar-refractivity contribution < 1.29 is 0 Å². The molecule has 1 heterocycles. The van der Waals surface area contributed by atoms with E-state index >= 15 is 0 Å². The van der Waals surface area contributed by atoms with Crippen molar-refractivity contribution in [1.82, 2.24) is 20.5 Å². The minimum Gasteiger partial charge on any atom is -0.307 e. The lowest BCUT2D eigenvalue weighted by Gasteiger charge is -2.17. The number of aromatic nitrogens is 3. The lowest BCUT2D eigenvalue weighted by molar-refractivity contribution is 0.361. The first kappa shape index (κ1) is 10.6. The van der Waals surface area contributed by atoms with Crippen LogP contribution in [0.25, 0.3) is 0 Å². The molecule has 1 fully saturated rings. The summed E-state index contributed by atoms with van der Waals surface area (Å²) in [7, 11) is 0. The fourth-order valence-electron chi connectivity index (χ4n) is 2.71. The molecule has 0 aromatic carbocycles. The van der Waals surface area contributed by atoms with Crippen LogP contribution in [0.3, 0.4) is 0 Å². The van der Waals surface area contributed by atoms with Crippen LogP contribution in [0, 0.1) is 11.3 Å². The highest BCUT2D eigenvalue weighted by Gasteiger charge is 2.36. The van der Waals surface area contributed by atoms with Gasteiger partial charge in [-0.1, -0.05) is 20.8 Å². The van der Waals surface area contributed by atoms with E-state index in [4.69, 9.17) is 0 Å². The highest BCUT2D eigenvalue weighted by atomic mass is 15.2. The first-order chi connectivity index (χ1) is 7.07. The lowest BCUT2D eigenvalue weighted by atomic mass is 9.91. The fraction of sp³-hybridized carbons (Fsp3) is 0.818. The van der Waals surface area contributed by atoms with Crippen LogP contribution in [0.15, 0.2) is 6.33 Å². The molecule has 4 nitrogen and oxygen atoms in total. The van der Waals surface area contributed by atoms with Crippen molar-refractivity contribution in [2.45, 2.75) is 46.2 Å². The van der Waals surface area contributed by atoms with Crippen molar-refractivity contribution in [2.24, 2.45) is 11.3 Å². The van der Waals surface area contributed by atoms with E-state index in [-0.39, 0.29) is 0 Å². The van der Waals surface area contributed by atoms with Gasteiger partial charge in [0, 0.05) is 6.04 Å². The third-order valence-corrected chi connectivity index (χ3v) is 3.33. The highest BCUT2D eigenvalue weighted by molar-refractivity contribution is 4.92. The van der Waals surface area contributed by atoms with Crippen LogP contribution >= 0.6 is 0 Å². The van der Waals surface area contributed by atoms with Gasteiger partial charge in [0.25, 0.3) is 0 Å². The van der Waals surface area contributed by atoms with Crippen LogP contribution in [-0.2, 0) is 6.54 Å². The zero-order valence-electron chi connectivity index (χ0n) is 9.75. The van der Waals surface area contributed by atoms with Crippen molar-refractivity contribution in [3.63, 3.8) is 0 Å². The lowest BCUT2D eigenvalue weighted by Crippen LogP contribution is -2.31. The number of nitrogens with zero attached hydrogens (tertiary/aromatic N) is 2. The summed E-state index contributed by atoms with van der Waals surface area (Å²) in [4.78, 5) is 4.11. The molecule has 0 radical (unpaired) electrons. The largest absolute Gasteiger partial charge is 0.307 e. The molecule has 84 valence electrons. The quantitative estimate of drug-likeness (QED) is 0.795. The van der Waals surface area contributed by atoms with Gasteiger partial charge in [0.1, 0.15) is 12.2 Å². The Morgan fingerprint density at radius 2 is 2.33 bits per heavy atom. The van der Waals surface area contributed by atoms with Crippen molar-refractivity contribution in [2.75, 3.05) is 0 Å². The number of aromatic amines is 1. The maximum atomic E-state index is 4.11. The summed E-state index contributed by atoms with van der Waals surface area (Å²) in [5.74, 6) is 1.68. The number of rotatable bonds is 3. The molecular formula is C11H20N4. The van der Waals surface area contributed by atoms with Gasteiger partial charge in [-0.3, -0.25) is 5.10 Å². The van der Waals surface area contributed by atoms with Crippen LogP contribution in [0.4, 0.5) is 0 Å². The number of H-pyrrole nitrogens is 1. The molecule has 1 aliphatic carbocycles. The van der Waals surface area contributed by atoms with Crippen molar-refractivity contribution in [3.05, 3.63) is 12.2 Å². The van der Waals surface area contributed by atoms with Crippen LogP contribution in [0.5, 0.6) is 0 Å². The van der Waals surface area contributed by atoms with E-state index in [1.54, 1.807) is 6.33 Å². The molecule has 2 rings (SSSR count). The van der Waals surface area contributed by atoms with Gasteiger partial charge < -0.3 is 5.32 Å². The van der Waals surface area contributed by atoms with Gasteiger partial charge in [-0.05, 0) is 24.2 Å². The zero-order valence-corrected chi connectivity index (χ0v) is 9.75. The molecule has 2 N–H and O–H groups in total. The fourth-order valence-corrected chi connectivity index (χ4v) is 2.71. The molecule has 1 saturated carbocycles. The van der Waals surface area contributed by atoms with Gasteiger partial charge in [0.05, 0.1) is 6.54 Å². The molecule has 0 saturated heterocycles. The van der Waals surface area contributed by atoms with E-state index in [1.165, 1.54) is 12.8 Å². The Morgan fingerprint density at radius 3 is 2.87 bits per heavy atom. The third kappa shape index (κ3) is 2.56. The van der Waals surface area contributed by atoms with E-state index in [1.807, 2.05) is 0 Å². The molecule has 0 bridgehead atoms. The second-order valence-corrected chi connectivity index (χ2v) is 5.47. The van der Waals surface area contributed by atoms with Crippen molar-refractivity contribution in [3.8, 4) is 0 Å². The Morgan fingerprint density at radius 1 is 1.53 bits per heavy atom. The number of hydrogen-bond donors (Lipinski definition) is 2. The molecule has 0 amide bonds. The molecule has 0 spiro atoms. The van der Waals surface area contributed by atoms with Gasteiger partial charge in [-0.15, -0.1) is 0 Å². The predicted molar refractivity (Wildman–Crippen MR) is 59.2 cm³/mol. The molecule has 4 heteroatoms. The SMILES string of the molecule is CC1CC(C)(C)CC1NCc1ncn[nH]1. The van der Waals surface area contributed by atoms with Gasteiger partial charge in [0.15, 0.2) is 0 Å².